The standard InChI is InChI=1S/C20H21ClF4N2O/c21-15-4-5-18-17(9-15)14(11-27-18)6-7-26-10-13-2-1-3-16(8-13)28-12-20(24,25)19(22)23/h1-3,8-9,11,19,26-27H,4-7,10,12H2. The molecule has 0 amide bonds. The van der Waals surface area contributed by atoms with Gasteiger partial charge in [-0.1, -0.05) is 23.7 Å². The molecule has 1 aliphatic carbocycles. The van der Waals surface area contributed by atoms with Crippen molar-refractivity contribution in [3.8, 4) is 5.75 Å². The Hall–Kier alpha value is -1.99. The first kappa shape index (κ1) is 20.7. The van der Waals surface area contributed by atoms with E-state index in [1.165, 1.54) is 17.3 Å². The fourth-order valence-corrected chi connectivity index (χ4v) is 3.24. The highest BCUT2D eigenvalue weighted by molar-refractivity contribution is 6.31. The molecule has 0 saturated heterocycles. The van der Waals surface area contributed by atoms with Gasteiger partial charge >= 0.3 is 12.3 Å². The molecule has 0 saturated carbocycles. The molecule has 0 spiro atoms. The second-order valence-corrected chi connectivity index (χ2v) is 7.21. The number of halogens is 5. The van der Waals surface area contributed by atoms with Gasteiger partial charge in [-0.3, -0.25) is 0 Å². The zero-order valence-corrected chi connectivity index (χ0v) is 15.8. The third kappa shape index (κ3) is 5.29. The van der Waals surface area contributed by atoms with Crippen LogP contribution in [0.4, 0.5) is 17.6 Å². The van der Waals surface area contributed by atoms with Gasteiger partial charge < -0.3 is 15.0 Å². The highest BCUT2D eigenvalue weighted by Gasteiger charge is 2.41. The zero-order chi connectivity index (χ0) is 20.1. The summed E-state index contributed by atoms with van der Waals surface area (Å²) in [7, 11) is 0. The first-order valence-corrected chi connectivity index (χ1v) is 9.36. The fourth-order valence-electron chi connectivity index (χ4n) is 3.03. The third-order valence-electron chi connectivity index (χ3n) is 4.56. The maximum absolute atomic E-state index is 13.0. The Labute approximate surface area is 165 Å². The minimum Gasteiger partial charge on any atom is -0.487 e. The first-order chi connectivity index (χ1) is 13.3. The number of hydrogen-bond donors (Lipinski definition) is 2. The van der Waals surface area contributed by atoms with Gasteiger partial charge in [-0.05, 0) is 60.7 Å². The van der Waals surface area contributed by atoms with Crippen molar-refractivity contribution in [3.63, 3.8) is 0 Å². The molecule has 1 aliphatic rings. The van der Waals surface area contributed by atoms with Gasteiger partial charge in [0.05, 0.1) is 0 Å². The highest BCUT2D eigenvalue weighted by Crippen LogP contribution is 2.28. The molecule has 2 aromatic rings. The van der Waals surface area contributed by atoms with Crippen LogP contribution in [0.2, 0.25) is 0 Å². The van der Waals surface area contributed by atoms with Gasteiger partial charge in [-0.2, -0.15) is 8.78 Å². The van der Waals surface area contributed by atoms with E-state index in [9.17, 15) is 17.6 Å². The highest BCUT2D eigenvalue weighted by atomic mass is 35.5. The lowest BCUT2D eigenvalue weighted by Crippen LogP contribution is -2.33. The fraction of sp³-hybridized carbons (Fsp3) is 0.400. The van der Waals surface area contributed by atoms with Crippen LogP contribution in [-0.4, -0.2) is 30.5 Å². The number of allylic oxidation sites excluding steroid dienone is 1. The number of fused-ring (bicyclic) bond motifs is 1. The topological polar surface area (TPSA) is 37.0 Å². The zero-order valence-electron chi connectivity index (χ0n) is 15.1. The van der Waals surface area contributed by atoms with Crippen molar-refractivity contribution in [2.75, 3.05) is 13.2 Å². The molecule has 3 rings (SSSR count). The summed E-state index contributed by atoms with van der Waals surface area (Å²) in [5, 5.41) is 4.14. The monoisotopic (exact) mass is 416 g/mol. The second kappa shape index (κ2) is 9.01. The van der Waals surface area contributed by atoms with Gasteiger partial charge in [-0.15, -0.1) is 0 Å². The van der Waals surface area contributed by atoms with Gasteiger partial charge in [0.15, 0.2) is 6.61 Å². The summed E-state index contributed by atoms with van der Waals surface area (Å²) in [6, 6.07) is 6.48. The Morgan fingerprint density at radius 2 is 2.07 bits per heavy atom. The predicted molar refractivity (Wildman–Crippen MR) is 101 cm³/mol. The Morgan fingerprint density at radius 1 is 1.25 bits per heavy atom. The summed E-state index contributed by atoms with van der Waals surface area (Å²) in [5.74, 6) is -4.03. The molecule has 0 radical (unpaired) electrons. The number of hydrogen-bond acceptors (Lipinski definition) is 2. The Kier molecular flexibility index (Phi) is 6.67. The molecule has 152 valence electrons. The number of benzene rings is 1. The number of aromatic amines is 1. The molecular formula is C20H21ClF4N2O. The molecule has 1 aromatic heterocycles. The van der Waals surface area contributed by atoms with E-state index in [0.717, 1.165) is 35.4 Å². The second-order valence-electron chi connectivity index (χ2n) is 6.72. The van der Waals surface area contributed by atoms with Crippen molar-refractivity contribution < 1.29 is 22.3 Å². The van der Waals surface area contributed by atoms with Crippen molar-refractivity contribution in [2.24, 2.45) is 0 Å². The number of rotatable bonds is 9. The summed E-state index contributed by atoms with van der Waals surface area (Å²) in [5.41, 5.74) is 4.36. The minimum atomic E-state index is -4.17. The normalized spacial score (nSPS) is 14.1. The van der Waals surface area contributed by atoms with E-state index in [1.807, 2.05) is 18.3 Å². The molecule has 1 aromatic carbocycles. The number of aryl methyl sites for hydroxylation is 1. The van der Waals surface area contributed by atoms with Crippen molar-refractivity contribution in [1.82, 2.24) is 10.3 Å². The quantitative estimate of drug-likeness (QED) is 0.438. The van der Waals surface area contributed by atoms with Crippen LogP contribution in [0, 0.1) is 0 Å². The van der Waals surface area contributed by atoms with Gasteiger partial charge in [0.25, 0.3) is 0 Å². The van der Waals surface area contributed by atoms with Crippen LogP contribution < -0.4 is 10.1 Å². The van der Waals surface area contributed by atoms with Crippen LogP contribution in [0.5, 0.6) is 5.75 Å². The van der Waals surface area contributed by atoms with E-state index in [2.05, 4.69) is 10.3 Å². The SMILES string of the molecule is FC(F)C(F)(F)COc1cccc(CNCCc2c[nH]c3c2C=C(Cl)CC3)c1. The summed E-state index contributed by atoms with van der Waals surface area (Å²) in [6.07, 6.45) is 2.83. The van der Waals surface area contributed by atoms with Crippen LogP contribution in [0.3, 0.4) is 0 Å². The van der Waals surface area contributed by atoms with Crippen molar-refractivity contribution in [3.05, 3.63) is 57.9 Å². The number of H-pyrrole nitrogens is 1. The van der Waals surface area contributed by atoms with Crippen LogP contribution in [-0.2, 0) is 19.4 Å². The van der Waals surface area contributed by atoms with Crippen molar-refractivity contribution in [2.45, 2.75) is 38.2 Å². The lowest BCUT2D eigenvalue weighted by molar-refractivity contribution is -0.148. The smallest absolute Gasteiger partial charge is 0.340 e. The number of alkyl halides is 4. The Morgan fingerprint density at radius 3 is 2.86 bits per heavy atom. The van der Waals surface area contributed by atoms with Crippen LogP contribution in [0.15, 0.2) is 35.5 Å². The molecule has 8 heteroatoms. The molecule has 1 heterocycles. The van der Waals surface area contributed by atoms with Gasteiger partial charge in [0, 0.05) is 23.5 Å². The molecular weight excluding hydrogens is 396 g/mol. The average Bonchev–Trinajstić information content (AvgIpc) is 3.06. The van der Waals surface area contributed by atoms with Crippen LogP contribution in [0.25, 0.3) is 6.08 Å². The van der Waals surface area contributed by atoms with E-state index in [1.54, 1.807) is 12.1 Å². The van der Waals surface area contributed by atoms with Crippen molar-refractivity contribution >= 4 is 17.7 Å². The van der Waals surface area contributed by atoms with E-state index in [-0.39, 0.29) is 5.75 Å². The number of nitrogens with one attached hydrogen (secondary N) is 2. The average molecular weight is 417 g/mol. The van der Waals surface area contributed by atoms with Gasteiger partial charge in [0.1, 0.15) is 5.75 Å². The van der Waals surface area contributed by atoms with Crippen molar-refractivity contribution in [1.29, 1.82) is 0 Å². The Bertz CT molecular complexity index is 835. The molecule has 28 heavy (non-hydrogen) atoms. The molecule has 0 bridgehead atoms. The molecule has 2 N–H and O–H groups in total. The summed E-state index contributed by atoms with van der Waals surface area (Å²) >= 11 is 6.13. The van der Waals surface area contributed by atoms with E-state index < -0.39 is 19.0 Å². The third-order valence-corrected chi connectivity index (χ3v) is 4.85. The molecule has 0 unspecified atom stereocenters. The molecule has 3 nitrogen and oxygen atoms in total. The summed E-state index contributed by atoms with van der Waals surface area (Å²) < 4.78 is 55.1. The van der Waals surface area contributed by atoms with Gasteiger partial charge in [0.2, 0.25) is 0 Å². The molecule has 0 atom stereocenters. The van der Waals surface area contributed by atoms with E-state index >= 15 is 0 Å². The van der Waals surface area contributed by atoms with E-state index in [0.29, 0.717) is 13.1 Å². The van der Waals surface area contributed by atoms with E-state index in [4.69, 9.17) is 16.3 Å². The largest absolute Gasteiger partial charge is 0.487 e. The lowest BCUT2D eigenvalue weighted by Gasteiger charge is -2.16. The maximum atomic E-state index is 13.0. The van der Waals surface area contributed by atoms with Crippen LogP contribution >= 0.6 is 11.6 Å². The number of aromatic nitrogens is 1. The predicted octanol–water partition coefficient (Wildman–Crippen LogP) is 5.15. The van der Waals surface area contributed by atoms with Crippen LogP contribution in [0.1, 0.15) is 28.8 Å². The number of ether oxygens (including phenoxy) is 1. The molecule has 0 aliphatic heterocycles. The van der Waals surface area contributed by atoms with Gasteiger partial charge in [-0.25, -0.2) is 8.78 Å². The summed E-state index contributed by atoms with van der Waals surface area (Å²) in [6.45, 7) is -0.133. The lowest BCUT2D eigenvalue weighted by atomic mass is 10.00. The molecule has 0 fully saturated rings. The maximum Gasteiger partial charge on any atom is 0.340 e. The summed E-state index contributed by atoms with van der Waals surface area (Å²) in [4.78, 5) is 3.28. The minimum absolute atomic E-state index is 0.138. The first-order valence-electron chi connectivity index (χ1n) is 8.99. The Balaban J connectivity index is 1.48.